The molecule has 2 amide bonds. The summed E-state index contributed by atoms with van der Waals surface area (Å²) in [6, 6.07) is 17.1. The normalized spacial score (nSPS) is 14.2. The average molecular weight is 381 g/mol. The molecule has 1 heterocycles. The van der Waals surface area contributed by atoms with E-state index in [-0.39, 0.29) is 11.8 Å². The van der Waals surface area contributed by atoms with E-state index in [1.54, 1.807) is 0 Å². The van der Waals surface area contributed by atoms with E-state index in [1.165, 1.54) is 16.7 Å². The molecular formula is C22H23NO3S. The van der Waals surface area contributed by atoms with Crippen molar-refractivity contribution in [1.82, 2.24) is 4.90 Å². The number of carbonyl (C=O) groups excluding carboxylic acids is 2. The van der Waals surface area contributed by atoms with Crippen molar-refractivity contribution in [2.45, 2.75) is 31.6 Å². The highest BCUT2D eigenvalue weighted by Crippen LogP contribution is 2.39. The maximum Gasteiger partial charge on any atom is 0.268 e. The van der Waals surface area contributed by atoms with Gasteiger partial charge in [0.2, 0.25) is 0 Å². The average Bonchev–Trinajstić information content (AvgIpc) is 2.92. The monoisotopic (exact) mass is 381 g/mol. The van der Waals surface area contributed by atoms with E-state index in [0.29, 0.717) is 23.6 Å². The number of imide groups is 1. The van der Waals surface area contributed by atoms with Gasteiger partial charge in [-0.1, -0.05) is 55.9 Å². The lowest BCUT2D eigenvalue weighted by atomic mass is 10.1. The highest BCUT2D eigenvalue weighted by atomic mass is 32.2. The Morgan fingerprint density at radius 2 is 1.59 bits per heavy atom. The van der Waals surface area contributed by atoms with E-state index in [0.717, 1.165) is 29.1 Å². The minimum absolute atomic E-state index is 0.211. The Balaban J connectivity index is 1.97. The van der Waals surface area contributed by atoms with Crippen molar-refractivity contribution in [2.75, 3.05) is 13.2 Å². The zero-order chi connectivity index (χ0) is 19.2. The zero-order valence-electron chi connectivity index (χ0n) is 15.6. The van der Waals surface area contributed by atoms with E-state index in [9.17, 15) is 9.59 Å². The van der Waals surface area contributed by atoms with Gasteiger partial charge in [-0.2, -0.15) is 0 Å². The first-order valence-corrected chi connectivity index (χ1v) is 10.0. The molecule has 0 N–H and O–H groups in total. The minimum Gasteiger partial charge on any atom is -0.494 e. The van der Waals surface area contributed by atoms with Gasteiger partial charge in [-0.15, -0.1) is 0 Å². The lowest BCUT2D eigenvalue weighted by Gasteiger charge is -2.13. The van der Waals surface area contributed by atoms with E-state index in [1.807, 2.05) is 61.5 Å². The molecule has 0 aliphatic carbocycles. The summed E-state index contributed by atoms with van der Waals surface area (Å²) in [5.74, 6) is 0.333. The molecule has 5 heteroatoms. The first kappa shape index (κ1) is 19.2. The van der Waals surface area contributed by atoms with Gasteiger partial charge in [0.1, 0.15) is 5.75 Å². The van der Waals surface area contributed by atoms with Crippen LogP contribution in [0.1, 0.15) is 32.3 Å². The van der Waals surface area contributed by atoms with E-state index in [2.05, 4.69) is 6.92 Å². The predicted octanol–water partition coefficient (Wildman–Crippen LogP) is 4.76. The molecule has 27 heavy (non-hydrogen) atoms. The number of rotatable bonds is 8. The Morgan fingerprint density at radius 1 is 0.889 bits per heavy atom. The van der Waals surface area contributed by atoms with Crippen LogP contribution >= 0.6 is 11.8 Å². The fourth-order valence-electron chi connectivity index (χ4n) is 2.87. The van der Waals surface area contributed by atoms with Crippen LogP contribution in [0.3, 0.4) is 0 Å². The second-order valence-corrected chi connectivity index (χ2v) is 7.34. The van der Waals surface area contributed by atoms with Crippen LogP contribution in [-0.2, 0) is 9.59 Å². The fourth-order valence-corrected chi connectivity index (χ4v) is 3.91. The first-order valence-electron chi connectivity index (χ1n) is 9.22. The summed E-state index contributed by atoms with van der Waals surface area (Å²) in [5, 5.41) is 0. The molecule has 1 aliphatic rings. The first-order chi connectivity index (χ1) is 13.2. The Bertz CT molecular complexity index is 844. The third kappa shape index (κ3) is 4.25. The standard InChI is InChI=1S/C22H23NO3S/c1-3-14-23-21(24)19(16-10-12-17(13-11-16)26-15-4-2)20(22(23)25)27-18-8-6-5-7-9-18/h5-13H,3-4,14-15H2,1-2H3. The van der Waals surface area contributed by atoms with Gasteiger partial charge in [-0.05, 0) is 42.7 Å². The molecular weight excluding hydrogens is 358 g/mol. The van der Waals surface area contributed by atoms with Gasteiger partial charge in [0.15, 0.2) is 0 Å². The van der Waals surface area contributed by atoms with Crippen molar-refractivity contribution in [3.05, 3.63) is 65.1 Å². The third-order valence-corrected chi connectivity index (χ3v) is 5.24. The quantitative estimate of drug-likeness (QED) is 0.619. The Labute approximate surface area is 164 Å². The van der Waals surface area contributed by atoms with Crippen LogP contribution in [0.4, 0.5) is 0 Å². The van der Waals surface area contributed by atoms with Crippen molar-refractivity contribution in [3.63, 3.8) is 0 Å². The summed E-state index contributed by atoms with van der Waals surface area (Å²) >= 11 is 1.35. The molecule has 140 valence electrons. The maximum atomic E-state index is 13.0. The molecule has 0 bridgehead atoms. The second-order valence-electron chi connectivity index (χ2n) is 6.25. The second kappa shape index (κ2) is 8.91. The van der Waals surface area contributed by atoms with E-state index in [4.69, 9.17) is 4.74 Å². The van der Waals surface area contributed by atoms with Gasteiger partial charge in [0.25, 0.3) is 11.8 Å². The van der Waals surface area contributed by atoms with Crippen LogP contribution in [0.25, 0.3) is 5.57 Å². The van der Waals surface area contributed by atoms with Gasteiger partial charge in [0, 0.05) is 11.4 Å². The van der Waals surface area contributed by atoms with Crippen LogP contribution in [-0.4, -0.2) is 29.9 Å². The molecule has 0 saturated heterocycles. The number of ether oxygens (including phenoxy) is 1. The summed E-state index contributed by atoms with van der Waals surface area (Å²) in [5.41, 5.74) is 1.22. The minimum atomic E-state index is -0.220. The smallest absolute Gasteiger partial charge is 0.268 e. The van der Waals surface area contributed by atoms with Crippen molar-refractivity contribution in [3.8, 4) is 5.75 Å². The topological polar surface area (TPSA) is 46.6 Å². The van der Waals surface area contributed by atoms with Crippen LogP contribution in [0.5, 0.6) is 5.75 Å². The van der Waals surface area contributed by atoms with Crippen molar-refractivity contribution >= 4 is 29.1 Å². The summed E-state index contributed by atoms with van der Waals surface area (Å²) in [7, 11) is 0. The van der Waals surface area contributed by atoms with Gasteiger partial charge >= 0.3 is 0 Å². The molecule has 0 radical (unpaired) electrons. The summed E-state index contributed by atoms with van der Waals surface area (Å²) in [4.78, 5) is 28.6. The highest BCUT2D eigenvalue weighted by Gasteiger charge is 2.38. The number of hydrogen-bond donors (Lipinski definition) is 0. The largest absolute Gasteiger partial charge is 0.494 e. The summed E-state index contributed by atoms with van der Waals surface area (Å²) < 4.78 is 5.62. The zero-order valence-corrected chi connectivity index (χ0v) is 16.4. The molecule has 0 fully saturated rings. The predicted molar refractivity (Wildman–Crippen MR) is 108 cm³/mol. The van der Waals surface area contributed by atoms with Gasteiger partial charge < -0.3 is 4.74 Å². The Kier molecular flexibility index (Phi) is 6.35. The van der Waals surface area contributed by atoms with Crippen molar-refractivity contribution < 1.29 is 14.3 Å². The number of nitrogens with zero attached hydrogens (tertiary/aromatic N) is 1. The molecule has 0 atom stereocenters. The fraction of sp³-hybridized carbons (Fsp3) is 0.273. The summed E-state index contributed by atoms with van der Waals surface area (Å²) in [6.07, 6.45) is 1.67. The Morgan fingerprint density at radius 3 is 2.22 bits per heavy atom. The van der Waals surface area contributed by atoms with E-state index < -0.39 is 0 Å². The van der Waals surface area contributed by atoms with Gasteiger partial charge in [0.05, 0.1) is 17.1 Å². The molecule has 4 nitrogen and oxygen atoms in total. The van der Waals surface area contributed by atoms with Crippen molar-refractivity contribution in [1.29, 1.82) is 0 Å². The van der Waals surface area contributed by atoms with Crippen LogP contribution < -0.4 is 4.74 Å². The molecule has 0 unspecified atom stereocenters. The van der Waals surface area contributed by atoms with Crippen molar-refractivity contribution in [2.24, 2.45) is 0 Å². The highest BCUT2D eigenvalue weighted by molar-refractivity contribution is 8.04. The number of benzene rings is 2. The third-order valence-electron chi connectivity index (χ3n) is 4.15. The molecule has 0 aromatic heterocycles. The molecule has 1 aliphatic heterocycles. The molecule has 3 rings (SSSR count). The van der Waals surface area contributed by atoms with Gasteiger partial charge in [-0.25, -0.2) is 0 Å². The number of amides is 2. The van der Waals surface area contributed by atoms with Crippen LogP contribution in [0.2, 0.25) is 0 Å². The lowest BCUT2D eigenvalue weighted by Crippen LogP contribution is -2.32. The molecule has 2 aromatic rings. The Hall–Kier alpha value is -2.53. The maximum absolute atomic E-state index is 13.0. The van der Waals surface area contributed by atoms with E-state index >= 15 is 0 Å². The number of thioether (sulfide) groups is 1. The molecule has 2 aromatic carbocycles. The molecule has 0 spiro atoms. The number of hydrogen-bond acceptors (Lipinski definition) is 4. The summed E-state index contributed by atoms with van der Waals surface area (Å²) in [6.45, 7) is 5.09. The molecule has 0 saturated carbocycles. The van der Waals surface area contributed by atoms with Crippen LogP contribution in [0.15, 0.2) is 64.4 Å². The SMILES string of the molecule is CCCOc1ccc(C2=C(Sc3ccccc3)C(=O)N(CCC)C2=O)cc1. The van der Waals surface area contributed by atoms with Gasteiger partial charge in [-0.3, -0.25) is 14.5 Å². The number of carbonyl (C=O) groups is 2. The lowest BCUT2D eigenvalue weighted by molar-refractivity contribution is -0.136. The van der Waals surface area contributed by atoms with Crippen LogP contribution in [0, 0.1) is 0 Å².